The van der Waals surface area contributed by atoms with Gasteiger partial charge in [-0.25, -0.2) is 11.0 Å². The number of hydrogen-bond acceptors (Lipinski definition) is 4. The number of allylic oxidation sites excluding steroid dienone is 1. The molecule has 2 rings (SSSR count). The third-order valence-corrected chi connectivity index (χ3v) is 2.65. The lowest BCUT2D eigenvalue weighted by Gasteiger charge is -2.03. The van der Waals surface area contributed by atoms with Crippen LogP contribution in [0.3, 0.4) is 0 Å². The lowest BCUT2D eigenvalue weighted by Crippen LogP contribution is -2.27. The number of fused-ring (bicyclic) bond motifs is 2. The lowest BCUT2D eigenvalue weighted by atomic mass is 10.1. The second kappa shape index (κ2) is 6.81. The first kappa shape index (κ1) is 11.8. The molecular weight excluding hydrogens is 212 g/mol. The van der Waals surface area contributed by atoms with Gasteiger partial charge in [-0.15, -0.1) is 5.11 Å². The van der Waals surface area contributed by atoms with Gasteiger partial charge in [-0.2, -0.15) is 0 Å². The topological polar surface area (TPSA) is 48.8 Å². The highest BCUT2D eigenvalue weighted by molar-refractivity contribution is 5.54. The first-order chi connectivity index (χ1) is 8.45. The number of rotatable bonds is 0. The molecule has 0 aromatic heterocycles. The van der Waals surface area contributed by atoms with E-state index in [1.54, 1.807) is 0 Å². The van der Waals surface area contributed by atoms with Gasteiger partial charge in [0.2, 0.25) is 0 Å². The van der Waals surface area contributed by atoms with Crippen molar-refractivity contribution >= 4 is 11.8 Å². The summed E-state index contributed by atoms with van der Waals surface area (Å²) in [5.74, 6) is 0. The Morgan fingerprint density at radius 2 is 2.12 bits per heavy atom. The molecule has 0 amide bonds. The second-order valence-electron chi connectivity index (χ2n) is 4.09. The highest BCUT2D eigenvalue weighted by atomic mass is 15.6. The van der Waals surface area contributed by atoms with E-state index in [-0.39, 0.29) is 0 Å². The third-order valence-electron chi connectivity index (χ3n) is 2.65. The van der Waals surface area contributed by atoms with Crippen molar-refractivity contribution in [2.45, 2.75) is 25.7 Å². The van der Waals surface area contributed by atoms with E-state index >= 15 is 0 Å². The first-order valence-electron chi connectivity index (χ1n) is 6.10. The van der Waals surface area contributed by atoms with Crippen molar-refractivity contribution in [2.24, 2.45) is 10.3 Å². The van der Waals surface area contributed by atoms with Crippen LogP contribution in [0.4, 0.5) is 5.69 Å². The third kappa shape index (κ3) is 4.36. The van der Waals surface area contributed by atoms with Crippen LogP contribution in [0.15, 0.2) is 40.7 Å². The molecule has 0 radical (unpaired) electrons. The summed E-state index contributed by atoms with van der Waals surface area (Å²) >= 11 is 0. The summed E-state index contributed by atoms with van der Waals surface area (Å²) in [6, 6.07) is 8.03. The fourth-order valence-electron chi connectivity index (χ4n) is 1.74. The minimum Gasteiger partial charge on any atom is -0.224 e. The van der Waals surface area contributed by atoms with Gasteiger partial charge >= 0.3 is 0 Å². The zero-order chi connectivity index (χ0) is 11.8. The Kier molecular flexibility index (Phi) is 4.72. The molecule has 90 valence electrons. The van der Waals surface area contributed by atoms with Crippen molar-refractivity contribution in [3.05, 3.63) is 35.9 Å². The predicted octanol–water partition coefficient (Wildman–Crippen LogP) is 3.37. The van der Waals surface area contributed by atoms with Crippen LogP contribution in [-0.4, -0.2) is 6.54 Å². The largest absolute Gasteiger partial charge is 0.224 e. The van der Waals surface area contributed by atoms with Gasteiger partial charge in [-0.3, -0.25) is 0 Å². The molecule has 0 fully saturated rings. The summed E-state index contributed by atoms with van der Waals surface area (Å²) < 4.78 is 0. The Morgan fingerprint density at radius 1 is 1.12 bits per heavy atom. The van der Waals surface area contributed by atoms with E-state index in [4.69, 9.17) is 0 Å². The molecule has 17 heavy (non-hydrogen) atoms. The molecule has 0 saturated heterocycles. The fourth-order valence-corrected chi connectivity index (χ4v) is 1.74. The molecule has 0 aliphatic carbocycles. The van der Waals surface area contributed by atoms with Gasteiger partial charge in [-0.1, -0.05) is 35.9 Å². The number of benzene rings is 1. The van der Waals surface area contributed by atoms with E-state index in [1.165, 1.54) is 18.4 Å². The minimum atomic E-state index is 0.860. The van der Waals surface area contributed by atoms with Gasteiger partial charge in [-0.05, 0) is 37.0 Å². The van der Waals surface area contributed by atoms with Crippen LogP contribution >= 0.6 is 0 Å². The Morgan fingerprint density at radius 3 is 3.12 bits per heavy atom. The van der Waals surface area contributed by atoms with Crippen LogP contribution in [0.1, 0.15) is 31.2 Å². The number of nitrogens with one attached hydrogen (secondary N) is 2. The molecule has 1 aromatic carbocycles. The second-order valence-corrected chi connectivity index (χ2v) is 4.09. The zero-order valence-corrected chi connectivity index (χ0v) is 9.89. The highest BCUT2D eigenvalue weighted by Crippen LogP contribution is 2.16. The van der Waals surface area contributed by atoms with Crippen molar-refractivity contribution in [3.8, 4) is 0 Å². The summed E-state index contributed by atoms with van der Waals surface area (Å²) in [7, 11) is 0. The molecular formula is C13H18N4. The average Bonchev–Trinajstić information content (AvgIpc) is 2.36. The molecule has 4 heteroatoms. The van der Waals surface area contributed by atoms with Gasteiger partial charge in [0.15, 0.2) is 0 Å². The van der Waals surface area contributed by atoms with E-state index in [9.17, 15) is 0 Å². The number of nitrogens with zero attached hydrogens (tertiary/aromatic N) is 2. The first-order valence-corrected chi connectivity index (χ1v) is 6.10. The van der Waals surface area contributed by atoms with Crippen molar-refractivity contribution in [2.75, 3.05) is 6.54 Å². The molecule has 1 aliphatic heterocycles. The molecule has 2 N–H and O–H groups in total. The Bertz CT molecular complexity index is 365. The van der Waals surface area contributed by atoms with E-state index in [0.29, 0.717) is 0 Å². The quantitative estimate of drug-likeness (QED) is 0.718. The van der Waals surface area contributed by atoms with Crippen LogP contribution in [0.25, 0.3) is 6.08 Å². The van der Waals surface area contributed by atoms with Crippen molar-refractivity contribution < 1.29 is 0 Å². The van der Waals surface area contributed by atoms with Gasteiger partial charge in [0.05, 0.1) is 5.69 Å². The molecule has 0 saturated carbocycles. The van der Waals surface area contributed by atoms with Crippen LogP contribution in [-0.2, 0) is 0 Å². The van der Waals surface area contributed by atoms with Gasteiger partial charge in [0.25, 0.3) is 0 Å². The molecule has 4 nitrogen and oxygen atoms in total. The molecule has 1 aromatic rings. The van der Waals surface area contributed by atoms with Crippen LogP contribution < -0.4 is 11.0 Å². The number of hydrogen-bond donors (Lipinski definition) is 2. The maximum Gasteiger partial charge on any atom is 0.0880 e. The standard InChI is InChI=1S/C13H18N4/c1-2-4-7-12-8-6-9-13(11-12)15-17-16-14-10-5-3-1/h4,6-9,11H,1-3,5,10H2,(H,14,17)(H,15,16). The molecule has 0 spiro atoms. The Labute approximate surface area is 102 Å². The van der Waals surface area contributed by atoms with Crippen molar-refractivity contribution in [1.29, 1.82) is 0 Å². The molecule has 0 atom stereocenters. The summed E-state index contributed by atoms with van der Waals surface area (Å²) in [6.45, 7) is 0.919. The number of hydrazine groups is 1. The molecule has 0 unspecified atom stereocenters. The van der Waals surface area contributed by atoms with Crippen LogP contribution in [0, 0.1) is 0 Å². The maximum atomic E-state index is 4.08. The van der Waals surface area contributed by atoms with Crippen LogP contribution in [0.5, 0.6) is 0 Å². The lowest BCUT2D eigenvalue weighted by molar-refractivity contribution is 0.509. The van der Waals surface area contributed by atoms with E-state index in [2.05, 4.69) is 39.5 Å². The van der Waals surface area contributed by atoms with Crippen LogP contribution in [0.2, 0.25) is 0 Å². The smallest absolute Gasteiger partial charge is 0.0880 e. The summed E-state index contributed by atoms with van der Waals surface area (Å²) in [6.07, 6.45) is 9.14. The Hall–Kier alpha value is -1.68. The maximum absolute atomic E-state index is 4.08. The SMILES string of the molecule is C1=Cc2cccc(c2)N=NNNCCCCC1. The predicted molar refractivity (Wildman–Crippen MR) is 69.6 cm³/mol. The Balaban J connectivity index is 2.08. The average molecular weight is 230 g/mol. The highest BCUT2D eigenvalue weighted by Gasteiger charge is 1.93. The summed E-state index contributed by atoms with van der Waals surface area (Å²) in [5, 5.41) is 7.95. The van der Waals surface area contributed by atoms with Gasteiger partial charge in [0, 0.05) is 6.54 Å². The van der Waals surface area contributed by atoms with E-state index in [1.807, 2.05) is 18.2 Å². The molecule has 2 bridgehead atoms. The van der Waals surface area contributed by atoms with Crippen molar-refractivity contribution in [3.63, 3.8) is 0 Å². The van der Waals surface area contributed by atoms with Gasteiger partial charge < -0.3 is 0 Å². The fraction of sp³-hybridized carbons (Fsp3) is 0.385. The molecule has 1 heterocycles. The summed E-state index contributed by atoms with van der Waals surface area (Å²) in [4.78, 5) is 0. The van der Waals surface area contributed by atoms with E-state index < -0.39 is 0 Å². The molecule has 1 aliphatic rings. The minimum absolute atomic E-state index is 0.860. The van der Waals surface area contributed by atoms with Gasteiger partial charge in [0.1, 0.15) is 0 Å². The zero-order valence-electron chi connectivity index (χ0n) is 9.89. The van der Waals surface area contributed by atoms with E-state index in [0.717, 1.165) is 25.1 Å². The van der Waals surface area contributed by atoms with Crippen molar-refractivity contribution in [1.82, 2.24) is 11.0 Å². The summed E-state index contributed by atoms with van der Waals surface area (Å²) in [5.41, 5.74) is 7.79. The monoisotopic (exact) mass is 230 g/mol. The normalized spacial score (nSPS) is 17.2.